The van der Waals surface area contributed by atoms with Gasteiger partial charge in [-0.25, -0.2) is 0 Å². The number of aromatic nitrogens is 1. The number of hydrogen-bond donors (Lipinski definition) is 3. The number of pyridine rings is 1. The van der Waals surface area contributed by atoms with Crippen molar-refractivity contribution in [2.45, 2.75) is 39.2 Å². The molecule has 0 radical (unpaired) electrons. The van der Waals surface area contributed by atoms with Crippen LogP contribution in [0, 0.1) is 13.8 Å². The third-order valence-corrected chi connectivity index (χ3v) is 3.48. The molecule has 1 aromatic rings. The highest BCUT2D eigenvalue weighted by atomic mass is 16.1. The molecule has 5 nitrogen and oxygen atoms in total. The van der Waals surface area contributed by atoms with E-state index in [1.807, 2.05) is 19.9 Å². The van der Waals surface area contributed by atoms with E-state index in [0.717, 1.165) is 30.9 Å². The van der Waals surface area contributed by atoms with E-state index in [2.05, 4.69) is 15.6 Å². The molecule has 104 valence electrons. The highest BCUT2D eigenvalue weighted by Gasteiger charge is 2.17. The Balaban J connectivity index is 2.24. The lowest BCUT2D eigenvalue weighted by molar-refractivity contribution is 0.1000. The number of hydrogen-bond acceptors (Lipinski definition) is 4. The number of nitrogens with zero attached hydrogens (tertiary/aromatic N) is 1. The van der Waals surface area contributed by atoms with Gasteiger partial charge in [-0.05, 0) is 39.3 Å². The van der Waals surface area contributed by atoms with E-state index in [0.29, 0.717) is 17.3 Å². The molecule has 2 heterocycles. The van der Waals surface area contributed by atoms with Gasteiger partial charge in [-0.3, -0.25) is 9.78 Å². The molecular weight excluding hydrogens is 240 g/mol. The maximum atomic E-state index is 11.6. The lowest BCUT2D eigenvalue weighted by Gasteiger charge is -2.20. The van der Waals surface area contributed by atoms with Gasteiger partial charge in [0, 0.05) is 18.3 Å². The molecule has 0 spiro atoms. The maximum Gasteiger partial charge on any atom is 0.252 e. The largest absolute Gasteiger partial charge is 0.380 e. The lowest BCUT2D eigenvalue weighted by Crippen LogP contribution is -2.32. The van der Waals surface area contributed by atoms with Gasteiger partial charge in [-0.1, -0.05) is 6.42 Å². The smallest absolute Gasteiger partial charge is 0.252 e. The monoisotopic (exact) mass is 262 g/mol. The Morgan fingerprint density at radius 1 is 1.47 bits per heavy atom. The number of primary amides is 1. The summed E-state index contributed by atoms with van der Waals surface area (Å²) >= 11 is 0. The Hall–Kier alpha value is -1.62. The van der Waals surface area contributed by atoms with Crippen molar-refractivity contribution >= 4 is 11.6 Å². The topological polar surface area (TPSA) is 80.0 Å². The predicted molar refractivity (Wildman–Crippen MR) is 76.4 cm³/mol. The molecule has 0 bridgehead atoms. The summed E-state index contributed by atoms with van der Waals surface area (Å²) in [6.45, 7) is 5.73. The molecule has 1 saturated heterocycles. The summed E-state index contributed by atoms with van der Waals surface area (Å²) in [5.41, 5.74) is 8.37. The Kier molecular flexibility index (Phi) is 4.37. The van der Waals surface area contributed by atoms with Gasteiger partial charge in [0.25, 0.3) is 5.91 Å². The molecule has 1 amide bonds. The molecule has 1 atom stereocenters. The van der Waals surface area contributed by atoms with Crippen LogP contribution >= 0.6 is 0 Å². The van der Waals surface area contributed by atoms with E-state index in [4.69, 9.17) is 5.73 Å². The number of nitrogens with one attached hydrogen (secondary N) is 2. The molecule has 0 saturated carbocycles. The minimum Gasteiger partial charge on any atom is -0.380 e. The molecule has 5 heteroatoms. The van der Waals surface area contributed by atoms with Gasteiger partial charge in [0.1, 0.15) is 0 Å². The summed E-state index contributed by atoms with van der Waals surface area (Å²) < 4.78 is 0. The summed E-state index contributed by atoms with van der Waals surface area (Å²) in [6.07, 6.45) is 3.50. The van der Waals surface area contributed by atoms with E-state index >= 15 is 0 Å². The Labute approximate surface area is 114 Å². The second-order valence-electron chi connectivity index (χ2n) is 5.18. The Morgan fingerprint density at radius 3 is 3.00 bits per heavy atom. The third kappa shape index (κ3) is 3.44. The van der Waals surface area contributed by atoms with Crippen molar-refractivity contribution in [3.63, 3.8) is 0 Å². The number of amides is 1. The first-order chi connectivity index (χ1) is 9.08. The first kappa shape index (κ1) is 13.8. The second kappa shape index (κ2) is 6.02. The molecule has 0 aromatic carbocycles. The van der Waals surface area contributed by atoms with Gasteiger partial charge < -0.3 is 16.4 Å². The highest BCUT2D eigenvalue weighted by Crippen LogP contribution is 2.21. The van der Waals surface area contributed by atoms with Crippen LogP contribution in [0.5, 0.6) is 0 Å². The second-order valence-corrected chi connectivity index (χ2v) is 5.18. The van der Waals surface area contributed by atoms with Crippen LogP contribution in [0.3, 0.4) is 0 Å². The Bertz CT molecular complexity index is 465. The van der Waals surface area contributed by atoms with Gasteiger partial charge in [0.2, 0.25) is 0 Å². The fourth-order valence-corrected chi connectivity index (χ4v) is 2.62. The number of nitrogens with two attached hydrogens (primary N) is 1. The minimum absolute atomic E-state index is 0.335. The van der Waals surface area contributed by atoms with Crippen molar-refractivity contribution in [1.82, 2.24) is 10.3 Å². The van der Waals surface area contributed by atoms with Crippen molar-refractivity contribution < 1.29 is 4.79 Å². The maximum absolute atomic E-state index is 11.6. The van der Waals surface area contributed by atoms with Crippen molar-refractivity contribution in [3.05, 3.63) is 23.0 Å². The Morgan fingerprint density at radius 2 is 2.26 bits per heavy atom. The molecule has 0 aliphatic carbocycles. The van der Waals surface area contributed by atoms with Crippen LogP contribution in [0.1, 0.15) is 41.0 Å². The zero-order valence-electron chi connectivity index (χ0n) is 11.6. The van der Waals surface area contributed by atoms with Crippen LogP contribution in [0.2, 0.25) is 0 Å². The van der Waals surface area contributed by atoms with Crippen LogP contribution in [-0.4, -0.2) is 30.0 Å². The molecule has 1 unspecified atom stereocenters. The van der Waals surface area contributed by atoms with Gasteiger partial charge in [-0.2, -0.15) is 0 Å². The average Bonchev–Trinajstić information content (AvgIpc) is 2.56. The first-order valence-electron chi connectivity index (χ1n) is 6.83. The summed E-state index contributed by atoms with van der Waals surface area (Å²) in [6, 6.07) is 2.24. The van der Waals surface area contributed by atoms with Crippen molar-refractivity contribution in [3.8, 4) is 0 Å². The van der Waals surface area contributed by atoms with E-state index in [9.17, 15) is 4.79 Å². The number of anilines is 1. The lowest BCUT2D eigenvalue weighted by atomic mass is 10.1. The van der Waals surface area contributed by atoms with E-state index in [1.54, 1.807) is 0 Å². The first-order valence-corrected chi connectivity index (χ1v) is 6.83. The summed E-state index contributed by atoms with van der Waals surface area (Å²) in [4.78, 5) is 15.9. The SMILES string of the molecule is Cc1cc(NC2CCCCNC2)c(C(N)=O)c(C)n1. The molecule has 1 fully saturated rings. The van der Waals surface area contributed by atoms with Gasteiger partial charge in [0.05, 0.1) is 16.9 Å². The molecule has 1 aromatic heterocycles. The summed E-state index contributed by atoms with van der Waals surface area (Å²) in [7, 11) is 0. The third-order valence-electron chi connectivity index (χ3n) is 3.48. The average molecular weight is 262 g/mol. The predicted octanol–water partition coefficient (Wildman–Crippen LogP) is 1.35. The number of carbonyl (C=O) groups excluding carboxylic acids is 1. The van der Waals surface area contributed by atoms with Gasteiger partial charge >= 0.3 is 0 Å². The zero-order chi connectivity index (χ0) is 13.8. The van der Waals surface area contributed by atoms with Crippen LogP contribution < -0.4 is 16.4 Å². The molecule has 2 rings (SSSR count). The normalized spacial score (nSPS) is 19.8. The molecular formula is C14H22N4O. The van der Waals surface area contributed by atoms with Crippen LogP contribution in [0.25, 0.3) is 0 Å². The minimum atomic E-state index is -0.422. The van der Waals surface area contributed by atoms with E-state index < -0.39 is 5.91 Å². The van der Waals surface area contributed by atoms with Crippen LogP contribution in [-0.2, 0) is 0 Å². The van der Waals surface area contributed by atoms with Crippen molar-refractivity contribution in [2.75, 3.05) is 18.4 Å². The fourth-order valence-electron chi connectivity index (χ4n) is 2.62. The van der Waals surface area contributed by atoms with Crippen molar-refractivity contribution in [1.29, 1.82) is 0 Å². The van der Waals surface area contributed by atoms with Crippen LogP contribution in [0.4, 0.5) is 5.69 Å². The zero-order valence-corrected chi connectivity index (χ0v) is 11.6. The number of carbonyl (C=O) groups is 1. The van der Waals surface area contributed by atoms with E-state index in [-0.39, 0.29) is 0 Å². The fraction of sp³-hybridized carbons (Fsp3) is 0.571. The summed E-state index contributed by atoms with van der Waals surface area (Å²) in [5.74, 6) is -0.422. The van der Waals surface area contributed by atoms with E-state index in [1.165, 1.54) is 12.8 Å². The van der Waals surface area contributed by atoms with Gasteiger partial charge in [-0.15, -0.1) is 0 Å². The highest BCUT2D eigenvalue weighted by molar-refractivity contribution is 5.99. The van der Waals surface area contributed by atoms with Crippen molar-refractivity contribution in [2.24, 2.45) is 5.73 Å². The summed E-state index contributed by atoms with van der Waals surface area (Å²) in [5, 5.41) is 6.85. The number of rotatable bonds is 3. The molecule has 1 aliphatic heterocycles. The quantitative estimate of drug-likeness (QED) is 0.768. The van der Waals surface area contributed by atoms with Gasteiger partial charge in [0.15, 0.2) is 0 Å². The molecule has 4 N–H and O–H groups in total. The number of aryl methyl sites for hydroxylation is 2. The molecule has 1 aliphatic rings. The standard InChI is InChI=1S/C14H22N4O/c1-9-7-12(13(14(15)19)10(2)17-9)18-11-5-3-4-6-16-8-11/h7,11,16H,3-6,8H2,1-2H3,(H2,15,19)(H,17,18). The molecule has 19 heavy (non-hydrogen) atoms. The van der Waals surface area contributed by atoms with Crippen LogP contribution in [0.15, 0.2) is 6.07 Å².